The van der Waals surface area contributed by atoms with Crippen LogP contribution in [0.2, 0.25) is 0 Å². The van der Waals surface area contributed by atoms with E-state index in [0.29, 0.717) is 5.82 Å². The fourth-order valence-electron chi connectivity index (χ4n) is 2.32. The Kier molecular flexibility index (Phi) is 3.47. The van der Waals surface area contributed by atoms with Crippen molar-refractivity contribution in [2.45, 2.75) is 13.8 Å². The molecule has 3 rings (SSSR count). The van der Waals surface area contributed by atoms with E-state index in [4.69, 9.17) is 11.5 Å². The van der Waals surface area contributed by atoms with Crippen LogP contribution in [0.4, 0.5) is 11.9 Å². The zero-order chi connectivity index (χ0) is 15.7. The van der Waals surface area contributed by atoms with Crippen molar-refractivity contribution in [3.63, 3.8) is 0 Å². The molecule has 4 N–H and O–H groups in total. The molecule has 0 amide bonds. The predicted octanol–water partition coefficient (Wildman–Crippen LogP) is 2.99. The number of aromatic nitrogens is 3. The van der Waals surface area contributed by atoms with Crippen molar-refractivity contribution in [2.75, 3.05) is 11.5 Å². The van der Waals surface area contributed by atoms with Crippen LogP contribution in [-0.4, -0.2) is 15.0 Å². The topological polar surface area (TPSA) is 90.7 Å². The quantitative estimate of drug-likeness (QED) is 0.757. The molecule has 0 aliphatic heterocycles. The summed E-state index contributed by atoms with van der Waals surface area (Å²) in [5.41, 5.74) is 16.8. The van der Waals surface area contributed by atoms with Gasteiger partial charge in [-0.05, 0) is 36.6 Å². The summed E-state index contributed by atoms with van der Waals surface area (Å²) < 4.78 is 0. The molecule has 3 aromatic rings. The summed E-state index contributed by atoms with van der Waals surface area (Å²) in [6, 6.07) is 14.5. The van der Waals surface area contributed by atoms with Gasteiger partial charge in [0, 0.05) is 5.56 Å². The van der Waals surface area contributed by atoms with Crippen LogP contribution in [0, 0.1) is 13.8 Å². The number of anilines is 2. The van der Waals surface area contributed by atoms with Crippen LogP contribution in [0.1, 0.15) is 11.1 Å². The van der Waals surface area contributed by atoms with Crippen molar-refractivity contribution in [3.05, 3.63) is 53.6 Å². The van der Waals surface area contributed by atoms with Crippen molar-refractivity contribution >= 4 is 11.9 Å². The monoisotopic (exact) mass is 291 g/mol. The fraction of sp³-hybridized carbons (Fsp3) is 0.118. The van der Waals surface area contributed by atoms with Crippen molar-refractivity contribution in [1.82, 2.24) is 15.0 Å². The Hall–Kier alpha value is -2.95. The van der Waals surface area contributed by atoms with E-state index in [2.05, 4.69) is 52.2 Å². The van der Waals surface area contributed by atoms with E-state index in [-0.39, 0.29) is 11.9 Å². The van der Waals surface area contributed by atoms with Gasteiger partial charge in [0.2, 0.25) is 11.9 Å². The standard InChI is InChI=1S/C17H17N5/c1-10-3-6-12(7-4-10)13-8-5-11(2)14(9-13)15-20-16(18)22-17(19)21-15/h3-9H,1-2H3,(H4,18,19,20,21,22). The highest BCUT2D eigenvalue weighted by Gasteiger charge is 2.10. The van der Waals surface area contributed by atoms with E-state index in [0.717, 1.165) is 22.3 Å². The fourth-order valence-corrected chi connectivity index (χ4v) is 2.32. The smallest absolute Gasteiger partial charge is 0.225 e. The van der Waals surface area contributed by atoms with Gasteiger partial charge in [-0.15, -0.1) is 0 Å². The molecule has 22 heavy (non-hydrogen) atoms. The zero-order valence-electron chi connectivity index (χ0n) is 12.5. The number of nitrogen functional groups attached to an aromatic ring is 2. The number of benzene rings is 2. The normalized spacial score (nSPS) is 10.6. The summed E-state index contributed by atoms with van der Waals surface area (Å²) in [6.45, 7) is 4.07. The minimum Gasteiger partial charge on any atom is -0.368 e. The number of hydrogen-bond acceptors (Lipinski definition) is 5. The van der Waals surface area contributed by atoms with E-state index in [9.17, 15) is 0 Å². The van der Waals surface area contributed by atoms with Gasteiger partial charge in [-0.1, -0.05) is 42.0 Å². The lowest BCUT2D eigenvalue weighted by atomic mass is 9.98. The second-order valence-electron chi connectivity index (χ2n) is 5.27. The van der Waals surface area contributed by atoms with Crippen molar-refractivity contribution in [2.24, 2.45) is 0 Å². The van der Waals surface area contributed by atoms with Crippen LogP contribution in [0.15, 0.2) is 42.5 Å². The average Bonchev–Trinajstić information content (AvgIpc) is 2.47. The molecule has 0 bridgehead atoms. The van der Waals surface area contributed by atoms with Crippen molar-refractivity contribution < 1.29 is 0 Å². The SMILES string of the molecule is Cc1ccc(-c2ccc(C)c(-c3nc(N)nc(N)n3)c2)cc1. The summed E-state index contributed by atoms with van der Waals surface area (Å²) in [5, 5.41) is 0. The van der Waals surface area contributed by atoms with E-state index in [1.54, 1.807) is 0 Å². The van der Waals surface area contributed by atoms with Gasteiger partial charge < -0.3 is 11.5 Å². The van der Waals surface area contributed by atoms with Crippen LogP contribution in [0.3, 0.4) is 0 Å². The summed E-state index contributed by atoms with van der Waals surface area (Å²) in [6.07, 6.45) is 0. The molecule has 0 radical (unpaired) electrons. The van der Waals surface area contributed by atoms with Crippen LogP contribution < -0.4 is 11.5 Å². The first-order valence-electron chi connectivity index (χ1n) is 6.98. The second-order valence-corrected chi connectivity index (χ2v) is 5.27. The Morgan fingerprint density at radius 1 is 0.727 bits per heavy atom. The molecule has 0 unspecified atom stereocenters. The number of nitrogens with two attached hydrogens (primary N) is 2. The molecule has 0 aliphatic rings. The minimum absolute atomic E-state index is 0.127. The first kappa shape index (κ1) is 14.0. The maximum Gasteiger partial charge on any atom is 0.225 e. The maximum absolute atomic E-state index is 5.67. The molecule has 5 heteroatoms. The van der Waals surface area contributed by atoms with Gasteiger partial charge in [-0.3, -0.25) is 0 Å². The summed E-state index contributed by atoms with van der Waals surface area (Å²) in [7, 11) is 0. The molecule has 0 saturated heterocycles. The van der Waals surface area contributed by atoms with E-state index in [1.165, 1.54) is 5.56 Å². The molecule has 1 heterocycles. The Morgan fingerprint density at radius 2 is 1.32 bits per heavy atom. The average molecular weight is 291 g/mol. The highest BCUT2D eigenvalue weighted by atomic mass is 15.1. The molecular weight excluding hydrogens is 274 g/mol. The third kappa shape index (κ3) is 2.74. The third-order valence-corrected chi connectivity index (χ3v) is 3.53. The lowest BCUT2D eigenvalue weighted by Crippen LogP contribution is -2.04. The summed E-state index contributed by atoms with van der Waals surface area (Å²) in [4.78, 5) is 12.2. The second kappa shape index (κ2) is 5.44. The van der Waals surface area contributed by atoms with Crippen LogP contribution in [0.5, 0.6) is 0 Å². The van der Waals surface area contributed by atoms with E-state index >= 15 is 0 Å². The van der Waals surface area contributed by atoms with Gasteiger partial charge in [-0.2, -0.15) is 15.0 Å². The van der Waals surface area contributed by atoms with Gasteiger partial charge in [0.1, 0.15) is 0 Å². The highest BCUT2D eigenvalue weighted by molar-refractivity contribution is 5.73. The first-order valence-corrected chi connectivity index (χ1v) is 6.98. The third-order valence-electron chi connectivity index (χ3n) is 3.53. The Labute approximate surface area is 129 Å². The van der Waals surface area contributed by atoms with Gasteiger partial charge in [0.05, 0.1) is 0 Å². The summed E-state index contributed by atoms with van der Waals surface area (Å²) >= 11 is 0. The largest absolute Gasteiger partial charge is 0.368 e. The molecule has 5 nitrogen and oxygen atoms in total. The van der Waals surface area contributed by atoms with Crippen molar-refractivity contribution in [3.8, 4) is 22.5 Å². The number of rotatable bonds is 2. The van der Waals surface area contributed by atoms with Gasteiger partial charge >= 0.3 is 0 Å². The molecule has 0 fully saturated rings. The molecule has 0 aliphatic carbocycles. The minimum atomic E-state index is 0.127. The van der Waals surface area contributed by atoms with Crippen LogP contribution in [0.25, 0.3) is 22.5 Å². The number of hydrogen-bond donors (Lipinski definition) is 2. The lowest BCUT2D eigenvalue weighted by molar-refractivity contribution is 1.08. The Balaban J connectivity index is 2.12. The first-order chi connectivity index (χ1) is 10.5. The number of aryl methyl sites for hydroxylation is 2. The van der Waals surface area contributed by atoms with Gasteiger partial charge in [0.15, 0.2) is 5.82 Å². The molecule has 0 saturated carbocycles. The molecule has 2 aromatic carbocycles. The Morgan fingerprint density at radius 3 is 1.95 bits per heavy atom. The van der Waals surface area contributed by atoms with Crippen molar-refractivity contribution in [1.29, 1.82) is 0 Å². The zero-order valence-corrected chi connectivity index (χ0v) is 12.5. The molecule has 0 atom stereocenters. The lowest BCUT2D eigenvalue weighted by Gasteiger charge is -2.09. The molecule has 1 aromatic heterocycles. The van der Waals surface area contributed by atoms with E-state index < -0.39 is 0 Å². The van der Waals surface area contributed by atoms with Crippen LogP contribution >= 0.6 is 0 Å². The molecule has 110 valence electrons. The molecular formula is C17H17N5. The molecule has 0 spiro atoms. The highest BCUT2D eigenvalue weighted by Crippen LogP contribution is 2.28. The Bertz CT molecular complexity index is 805. The van der Waals surface area contributed by atoms with Gasteiger partial charge in [0.25, 0.3) is 0 Å². The predicted molar refractivity (Wildman–Crippen MR) is 89.0 cm³/mol. The van der Waals surface area contributed by atoms with Gasteiger partial charge in [-0.25, -0.2) is 0 Å². The number of nitrogens with zero attached hydrogens (tertiary/aromatic N) is 3. The van der Waals surface area contributed by atoms with Crippen LogP contribution in [-0.2, 0) is 0 Å². The summed E-state index contributed by atoms with van der Waals surface area (Å²) in [5.74, 6) is 0.752. The van der Waals surface area contributed by atoms with E-state index in [1.807, 2.05) is 19.1 Å². The maximum atomic E-state index is 5.67.